The van der Waals surface area contributed by atoms with Gasteiger partial charge in [-0.25, -0.2) is 0 Å². The molecule has 0 spiro atoms. The van der Waals surface area contributed by atoms with Crippen LogP contribution < -0.4 is 5.32 Å². The van der Waals surface area contributed by atoms with Crippen LogP contribution >= 0.6 is 0 Å². The molecular formula is C14H22N4O2. The van der Waals surface area contributed by atoms with Gasteiger partial charge in [-0.2, -0.15) is 5.10 Å². The number of nitrogens with one attached hydrogen (secondary N) is 1. The summed E-state index contributed by atoms with van der Waals surface area (Å²) in [6.45, 7) is 7.55. The van der Waals surface area contributed by atoms with Crippen molar-refractivity contribution in [2.75, 3.05) is 13.1 Å². The second-order valence-corrected chi connectivity index (χ2v) is 5.20. The van der Waals surface area contributed by atoms with Gasteiger partial charge in [0.25, 0.3) is 0 Å². The third-order valence-electron chi connectivity index (χ3n) is 3.68. The highest BCUT2D eigenvalue weighted by Gasteiger charge is 2.31. The molecule has 2 rings (SSSR count). The number of rotatable bonds is 4. The second kappa shape index (κ2) is 6.07. The van der Waals surface area contributed by atoms with Crippen molar-refractivity contribution in [3.63, 3.8) is 0 Å². The van der Waals surface area contributed by atoms with Crippen molar-refractivity contribution in [2.24, 2.45) is 0 Å². The van der Waals surface area contributed by atoms with E-state index in [9.17, 15) is 9.59 Å². The molecule has 2 heterocycles. The van der Waals surface area contributed by atoms with E-state index in [2.05, 4.69) is 10.4 Å². The van der Waals surface area contributed by atoms with Crippen molar-refractivity contribution < 1.29 is 9.59 Å². The molecule has 1 saturated heterocycles. The number of aromatic nitrogens is 2. The summed E-state index contributed by atoms with van der Waals surface area (Å²) in [5.41, 5.74) is 2.01. The average Bonchev–Trinajstić information content (AvgIpc) is 2.74. The maximum atomic E-state index is 12.3. The van der Waals surface area contributed by atoms with Gasteiger partial charge in [0.15, 0.2) is 0 Å². The Bertz CT molecular complexity index is 509. The molecule has 1 N–H and O–H groups in total. The van der Waals surface area contributed by atoms with Crippen LogP contribution in [-0.4, -0.2) is 45.6 Å². The molecule has 6 nitrogen and oxygen atoms in total. The highest BCUT2D eigenvalue weighted by atomic mass is 16.2. The lowest BCUT2D eigenvalue weighted by Crippen LogP contribution is -2.57. The number of nitrogens with zero attached hydrogens (tertiary/aromatic N) is 3. The molecule has 0 aromatic carbocycles. The SMILES string of the molecule is CCC1C(=O)NCCN1C(=O)CCn1nc(C)cc1C. The minimum absolute atomic E-state index is 0.0271. The van der Waals surface area contributed by atoms with Crippen LogP contribution in [0.25, 0.3) is 0 Å². The summed E-state index contributed by atoms with van der Waals surface area (Å²) in [5, 5.41) is 7.15. The molecule has 1 unspecified atom stereocenters. The largest absolute Gasteiger partial charge is 0.353 e. The van der Waals surface area contributed by atoms with E-state index < -0.39 is 0 Å². The standard InChI is InChI=1S/C14H22N4O2/c1-4-12-14(20)15-6-8-17(12)13(19)5-7-18-11(3)9-10(2)16-18/h9,12H,4-8H2,1-3H3,(H,15,20). The number of piperazine rings is 1. The van der Waals surface area contributed by atoms with Crippen LogP contribution in [0.15, 0.2) is 6.07 Å². The Kier molecular flexibility index (Phi) is 4.42. The summed E-state index contributed by atoms with van der Waals surface area (Å²) < 4.78 is 1.85. The minimum Gasteiger partial charge on any atom is -0.353 e. The van der Waals surface area contributed by atoms with Crippen molar-refractivity contribution in [1.82, 2.24) is 20.0 Å². The van der Waals surface area contributed by atoms with E-state index in [1.807, 2.05) is 31.5 Å². The van der Waals surface area contributed by atoms with Crippen molar-refractivity contribution in [2.45, 2.75) is 46.2 Å². The third-order valence-corrected chi connectivity index (χ3v) is 3.68. The van der Waals surface area contributed by atoms with Crippen LogP contribution in [0.1, 0.15) is 31.2 Å². The lowest BCUT2D eigenvalue weighted by Gasteiger charge is -2.34. The zero-order valence-corrected chi connectivity index (χ0v) is 12.3. The molecule has 20 heavy (non-hydrogen) atoms. The summed E-state index contributed by atoms with van der Waals surface area (Å²) in [6, 6.07) is 1.67. The Morgan fingerprint density at radius 3 is 2.85 bits per heavy atom. The normalized spacial score (nSPS) is 19.1. The lowest BCUT2D eigenvalue weighted by atomic mass is 10.1. The molecule has 1 aromatic rings. The van der Waals surface area contributed by atoms with Crippen LogP contribution in [0.4, 0.5) is 0 Å². The number of aryl methyl sites for hydroxylation is 3. The fourth-order valence-electron chi connectivity index (χ4n) is 2.67. The summed E-state index contributed by atoms with van der Waals surface area (Å²) >= 11 is 0. The van der Waals surface area contributed by atoms with E-state index in [0.29, 0.717) is 32.5 Å². The molecule has 1 atom stereocenters. The Labute approximate surface area is 119 Å². The maximum absolute atomic E-state index is 12.3. The predicted molar refractivity (Wildman–Crippen MR) is 75.1 cm³/mol. The smallest absolute Gasteiger partial charge is 0.242 e. The van der Waals surface area contributed by atoms with Crippen LogP contribution in [-0.2, 0) is 16.1 Å². The Morgan fingerprint density at radius 2 is 2.25 bits per heavy atom. The molecule has 2 amide bonds. The van der Waals surface area contributed by atoms with E-state index in [4.69, 9.17) is 0 Å². The first-order valence-electron chi connectivity index (χ1n) is 7.11. The quantitative estimate of drug-likeness (QED) is 0.878. The minimum atomic E-state index is -0.322. The topological polar surface area (TPSA) is 67.2 Å². The first-order valence-corrected chi connectivity index (χ1v) is 7.11. The molecule has 6 heteroatoms. The fourth-order valence-corrected chi connectivity index (χ4v) is 2.67. The molecule has 0 aliphatic carbocycles. The van der Waals surface area contributed by atoms with Crippen LogP contribution in [0.2, 0.25) is 0 Å². The lowest BCUT2D eigenvalue weighted by molar-refractivity contribution is -0.143. The van der Waals surface area contributed by atoms with E-state index >= 15 is 0 Å². The van der Waals surface area contributed by atoms with Gasteiger partial charge in [-0.05, 0) is 26.3 Å². The van der Waals surface area contributed by atoms with Crippen LogP contribution in [0.3, 0.4) is 0 Å². The van der Waals surface area contributed by atoms with Crippen LogP contribution in [0, 0.1) is 13.8 Å². The molecule has 0 radical (unpaired) electrons. The number of carbonyl (C=O) groups excluding carboxylic acids is 2. The average molecular weight is 278 g/mol. The Morgan fingerprint density at radius 1 is 1.50 bits per heavy atom. The zero-order chi connectivity index (χ0) is 14.7. The van der Waals surface area contributed by atoms with Crippen molar-refractivity contribution >= 4 is 11.8 Å². The van der Waals surface area contributed by atoms with Crippen molar-refractivity contribution in [1.29, 1.82) is 0 Å². The van der Waals surface area contributed by atoms with Crippen molar-refractivity contribution in [3.8, 4) is 0 Å². The molecule has 110 valence electrons. The van der Waals surface area contributed by atoms with Gasteiger partial charge in [0.1, 0.15) is 6.04 Å². The molecule has 0 saturated carbocycles. The van der Waals surface area contributed by atoms with Gasteiger partial charge >= 0.3 is 0 Å². The second-order valence-electron chi connectivity index (χ2n) is 5.20. The van der Waals surface area contributed by atoms with E-state index in [0.717, 1.165) is 11.4 Å². The number of hydrogen-bond acceptors (Lipinski definition) is 3. The fraction of sp³-hybridized carbons (Fsp3) is 0.643. The van der Waals surface area contributed by atoms with Gasteiger partial charge in [-0.3, -0.25) is 14.3 Å². The first kappa shape index (κ1) is 14.6. The highest BCUT2D eigenvalue weighted by Crippen LogP contribution is 2.11. The zero-order valence-electron chi connectivity index (χ0n) is 12.3. The monoisotopic (exact) mass is 278 g/mol. The number of carbonyl (C=O) groups is 2. The molecule has 1 aromatic heterocycles. The van der Waals surface area contributed by atoms with Crippen molar-refractivity contribution in [3.05, 3.63) is 17.5 Å². The third kappa shape index (κ3) is 3.00. The van der Waals surface area contributed by atoms with Gasteiger partial charge in [-0.15, -0.1) is 0 Å². The van der Waals surface area contributed by atoms with Gasteiger partial charge in [0.2, 0.25) is 11.8 Å². The summed E-state index contributed by atoms with van der Waals surface area (Å²) in [4.78, 5) is 25.8. The summed E-state index contributed by atoms with van der Waals surface area (Å²) in [5.74, 6) is -0.0162. The van der Waals surface area contributed by atoms with E-state index in [1.54, 1.807) is 4.90 Å². The highest BCUT2D eigenvalue weighted by molar-refractivity contribution is 5.88. The van der Waals surface area contributed by atoms with E-state index in [1.165, 1.54) is 0 Å². The Balaban J connectivity index is 1.97. The van der Waals surface area contributed by atoms with Gasteiger partial charge in [0.05, 0.1) is 5.69 Å². The van der Waals surface area contributed by atoms with Gasteiger partial charge < -0.3 is 10.2 Å². The first-order chi connectivity index (χ1) is 9.52. The van der Waals surface area contributed by atoms with Crippen LogP contribution in [0.5, 0.6) is 0 Å². The molecule has 1 fully saturated rings. The predicted octanol–water partition coefficient (Wildman–Crippen LogP) is 0.627. The summed E-state index contributed by atoms with van der Waals surface area (Å²) in [6.07, 6.45) is 1.03. The Hall–Kier alpha value is -1.85. The van der Waals surface area contributed by atoms with Gasteiger partial charge in [0, 0.05) is 31.7 Å². The summed E-state index contributed by atoms with van der Waals surface area (Å²) in [7, 11) is 0. The number of amides is 2. The molecule has 1 aliphatic heterocycles. The van der Waals surface area contributed by atoms with Gasteiger partial charge in [-0.1, -0.05) is 6.92 Å². The van der Waals surface area contributed by atoms with E-state index in [-0.39, 0.29) is 17.9 Å². The molecule has 0 bridgehead atoms. The molecule has 1 aliphatic rings. The maximum Gasteiger partial charge on any atom is 0.242 e. The number of hydrogen-bond donors (Lipinski definition) is 1. The molecular weight excluding hydrogens is 256 g/mol.